The molecule has 9 heteroatoms. The molecule has 1 amide bonds. The molecule has 0 aliphatic carbocycles. The summed E-state index contributed by atoms with van der Waals surface area (Å²) in [6.45, 7) is 1.60. The Balaban J connectivity index is 1.67. The number of fused-ring (bicyclic) bond motifs is 1. The van der Waals surface area contributed by atoms with Crippen molar-refractivity contribution in [3.05, 3.63) is 64.3 Å². The van der Waals surface area contributed by atoms with Gasteiger partial charge in [-0.1, -0.05) is 30.3 Å². The van der Waals surface area contributed by atoms with Crippen LogP contribution in [0.2, 0.25) is 0 Å². The predicted molar refractivity (Wildman–Crippen MR) is 112 cm³/mol. The fourth-order valence-electron chi connectivity index (χ4n) is 3.66. The molecular formula is C22H24N4O5. The van der Waals surface area contributed by atoms with Gasteiger partial charge in [-0.2, -0.15) is 0 Å². The number of methoxy groups -OCH3 is 1. The third-order valence-corrected chi connectivity index (χ3v) is 5.33. The molecule has 1 aliphatic heterocycles. The van der Waals surface area contributed by atoms with Crippen LogP contribution in [0.25, 0.3) is 5.78 Å². The molecule has 0 radical (unpaired) electrons. The van der Waals surface area contributed by atoms with Crippen LogP contribution < -0.4 is 10.3 Å². The van der Waals surface area contributed by atoms with Gasteiger partial charge in [0.25, 0.3) is 0 Å². The zero-order valence-corrected chi connectivity index (χ0v) is 17.3. The van der Waals surface area contributed by atoms with E-state index in [0.717, 1.165) is 37.9 Å². The van der Waals surface area contributed by atoms with Crippen LogP contribution in [0.3, 0.4) is 0 Å². The Hall–Kier alpha value is -3.62. The van der Waals surface area contributed by atoms with Gasteiger partial charge in [0, 0.05) is 25.5 Å². The van der Waals surface area contributed by atoms with Crippen LogP contribution in [0.4, 0.5) is 0 Å². The van der Waals surface area contributed by atoms with E-state index in [-0.39, 0.29) is 36.3 Å². The minimum absolute atomic E-state index is 0.0355. The van der Waals surface area contributed by atoms with E-state index in [0.29, 0.717) is 0 Å². The smallest absolute Gasteiger partial charge is 0.360 e. The second-order valence-corrected chi connectivity index (χ2v) is 7.40. The lowest BCUT2D eigenvalue weighted by Crippen LogP contribution is -2.37. The third kappa shape index (κ3) is 4.30. The van der Waals surface area contributed by atoms with E-state index in [1.54, 1.807) is 10.8 Å². The maximum atomic E-state index is 13.1. The average molecular weight is 424 g/mol. The number of esters is 1. The first-order valence-electron chi connectivity index (χ1n) is 10.2. The van der Waals surface area contributed by atoms with Gasteiger partial charge >= 0.3 is 11.5 Å². The van der Waals surface area contributed by atoms with Gasteiger partial charge in [0.15, 0.2) is 5.69 Å². The fourth-order valence-corrected chi connectivity index (χ4v) is 3.66. The first kappa shape index (κ1) is 20.6. The summed E-state index contributed by atoms with van der Waals surface area (Å²) in [4.78, 5) is 44.2. The zero-order chi connectivity index (χ0) is 21.8. The number of carbonyl (C=O) groups is 2. The molecule has 162 valence electrons. The minimum Gasteiger partial charge on any atom is -0.481 e. The van der Waals surface area contributed by atoms with Crippen molar-refractivity contribution in [1.82, 2.24) is 18.9 Å². The molecule has 0 spiro atoms. The van der Waals surface area contributed by atoms with Gasteiger partial charge < -0.3 is 18.9 Å². The highest BCUT2D eigenvalue weighted by Crippen LogP contribution is 2.17. The Morgan fingerprint density at radius 1 is 1.06 bits per heavy atom. The summed E-state index contributed by atoms with van der Waals surface area (Å²) in [6, 6.07) is 9.29. The second kappa shape index (κ2) is 9.03. The number of carbonyl (C=O) groups excluding carboxylic acids is 2. The molecule has 0 N–H and O–H groups in total. The predicted octanol–water partition coefficient (Wildman–Crippen LogP) is 1.87. The molecular weight excluding hydrogens is 400 g/mol. The van der Waals surface area contributed by atoms with Crippen LogP contribution in [0.5, 0.6) is 5.75 Å². The Morgan fingerprint density at radius 3 is 2.52 bits per heavy atom. The molecule has 0 saturated carbocycles. The molecule has 1 aromatic carbocycles. The third-order valence-electron chi connectivity index (χ3n) is 5.33. The monoisotopic (exact) mass is 424 g/mol. The molecule has 0 bridgehead atoms. The molecule has 1 fully saturated rings. The summed E-state index contributed by atoms with van der Waals surface area (Å²) in [5.74, 6) is -0.829. The van der Waals surface area contributed by atoms with Crippen molar-refractivity contribution >= 4 is 17.7 Å². The number of nitrogens with zero attached hydrogens (tertiary/aromatic N) is 4. The van der Waals surface area contributed by atoms with Crippen molar-refractivity contribution in [2.24, 2.45) is 0 Å². The molecule has 1 saturated heterocycles. The Labute approximate surface area is 178 Å². The number of piperidine rings is 1. The van der Waals surface area contributed by atoms with Gasteiger partial charge in [0.2, 0.25) is 17.4 Å². The number of aromatic nitrogens is 3. The number of likely N-dealkylation sites (tertiary alicyclic amines) is 1. The van der Waals surface area contributed by atoms with E-state index in [1.165, 1.54) is 17.7 Å². The molecule has 3 aromatic rings. The number of rotatable bonds is 6. The molecule has 0 atom stereocenters. The van der Waals surface area contributed by atoms with Crippen molar-refractivity contribution in [2.45, 2.75) is 32.4 Å². The highest BCUT2D eigenvalue weighted by atomic mass is 16.5. The van der Waals surface area contributed by atoms with Crippen molar-refractivity contribution in [2.75, 3.05) is 20.2 Å². The van der Waals surface area contributed by atoms with Gasteiger partial charge in [-0.25, -0.2) is 14.2 Å². The first-order chi connectivity index (χ1) is 15.1. The number of benzene rings is 1. The molecule has 3 heterocycles. The highest BCUT2D eigenvalue weighted by molar-refractivity contribution is 5.90. The number of amides is 1. The Bertz CT molecular complexity index is 1150. The van der Waals surface area contributed by atoms with Crippen LogP contribution in [-0.4, -0.2) is 50.9 Å². The largest absolute Gasteiger partial charge is 0.481 e. The molecule has 9 nitrogen and oxygen atoms in total. The van der Waals surface area contributed by atoms with Crippen molar-refractivity contribution in [3.63, 3.8) is 0 Å². The van der Waals surface area contributed by atoms with Gasteiger partial charge in [-0.15, -0.1) is 0 Å². The van der Waals surface area contributed by atoms with Crippen molar-refractivity contribution in [3.8, 4) is 5.75 Å². The Morgan fingerprint density at radius 2 is 1.81 bits per heavy atom. The molecule has 1 aliphatic rings. The van der Waals surface area contributed by atoms with E-state index in [9.17, 15) is 14.4 Å². The molecule has 2 aromatic heterocycles. The summed E-state index contributed by atoms with van der Waals surface area (Å²) >= 11 is 0. The van der Waals surface area contributed by atoms with E-state index in [2.05, 4.69) is 4.98 Å². The van der Waals surface area contributed by atoms with Crippen LogP contribution in [0.1, 0.15) is 35.3 Å². The lowest BCUT2D eigenvalue weighted by Gasteiger charge is -2.26. The minimum atomic E-state index is -0.780. The second-order valence-electron chi connectivity index (χ2n) is 7.40. The van der Waals surface area contributed by atoms with Gasteiger partial charge in [-0.05, 0) is 24.8 Å². The summed E-state index contributed by atoms with van der Waals surface area (Å²) in [5.41, 5.74) is 0.0896. The van der Waals surface area contributed by atoms with E-state index in [1.807, 2.05) is 35.2 Å². The van der Waals surface area contributed by atoms with E-state index >= 15 is 0 Å². The van der Waals surface area contributed by atoms with Gasteiger partial charge in [0.1, 0.15) is 13.2 Å². The fraction of sp³-hybridized carbons (Fsp3) is 0.364. The highest BCUT2D eigenvalue weighted by Gasteiger charge is 2.24. The first-order valence-corrected chi connectivity index (χ1v) is 10.2. The number of hydrogen-bond donors (Lipinski definition) is 0. The van der Waals surface area contributed by atoms with E-state index in [4.69, 9.17) is 9.47 Å². The lowest BCUT2D eigenvalue weighted by atomic mass is 10.1. The van der Waals surface area contributed by atoms with Gasteiger partial charge in [-0.3, -0.25) is 9.59 Å². The number of ether oxygens (including phenoxy) is 2. The quantitative estimate of drug-likeness (QED) is 0.561. The standard InChI is InChI=1S/C22H24N4O5/c1-30-21(29)18-19(31-15-16-8-4-2-5-9-16)20(28)26-13-12-25(22(26)23-18)14-17(27)24-10-6-3-7-11-24/h2,4-5,8-9,12-13H,3,6-7,10-11,14-15H2,1H3. The zero-order valence-electron chi connectivity index (χ0n) is 17.3. The van der Waals surface area contributed by atoms with Crippen LogP contribution >= 0.6 is 0 Å². The van der Waals surface area contributed by atoms with Crippen LogP contribution in [0, 0.1) is 0 Å². The van der Waals surface area contributed by atoms with Crippen LogP contribution in [0.15, 0.2) is 47.5 Å². The van der Waals surface area contributed by atoms with Crippen LogP contribution in [-0.2, 0) is 22.7 Å². The molecule has 0 unspecified atom stereocenters. The van der Waals surface area contributed by atoms with Crippen molar-refractivity contribution in [1.29, 1.82) is 0 Å². The summed E-state index contributed by atoms with van der Waals surface area (Å²) in [5, 5.41) is 0. The summed E-state index contributed by atoms with van der Waals surface area (Å²) < 4.78 is 13.3. The van der Waals surface area contributed by atoms with Gasteiger partial charge in [0.05, 0.1) is 7.11 Å². The molecule has 31 heavy (non-hydrogen) atoms. The van der Waals surface area contributed by atoms with E-state index < -0.39 is 11.5 Å². The molecule has 4 rings (SSSR count). The topological polar surface area (TPSA) is 95.1 Å². The SMILES string of the molecule is COC(=O)c1nc2n(CC(=O)N3CCCCC3)ccn2c(=O)c1OCc1ccccc1. The number of imidazole rings is 1. The summed E-state index contributed by atoms with van der Waals surface area (Å²) in [6.07, 6.45) is 6.23. The lowest BCUT2D eigenvalue weighted by molar-refractivity contribution is -0.132. The number of hydrogen-bond acceptors (Lipinski definition) is 6. The maximum Gasteiger partial charge on any atom is 0.360 e. The Kier molecular flexibility index (Phi) is 6.01. The van der Waals surface area contributed by atoms with Crippen molar-refractivity contribution < 1.29 is 19.1 Å². The maximum absolute atomic E-state index is 13.1. The normalized spacial score (nSPS) is 13.9. The average Bonchev–Trinajstić information content (AvgIpc) is 3.21. The summed E-state index contributed by atoms with van der Waals surface area (Å²) in [7, 11) is 1.21.